The number of ether oxygens (including phenoxy) is 1. The summed E-state index contributed by atoms with van der Waals surface area (Å²) in [5.74, 6) is 1.01. The first kappa shape index (κ1) is 27.3. The molecule has 0 aliphatic carbocycles. The molecule has 0 radical (unpaired) electrons. The van der Waals surface area contributed by atoms with Gasteiger partial charge in [-0.15, -0.1) is 0 Å². The standard InChI is InChI=1S/C28H43ClN2O2/c1-5-6-7-8-9-13-21(30)14-12-17-27(31-25-16-11-10-15-24(25)29)33-22-18-19-26(32)23(20-22)28(2,3)4/h10-11,15-16,18-21,27,31-32H,5-9,12-14,17,30H2,1-4H3. The molecule has 2 atom stereocenters. The summed E-state index contributed by atoms with van der Waals surface area (Å²) < 4.78 is 6.35. The Morgan fingerprint density at radius 3 is 2.36 bits per heavy atom. The molecular weight excluding hydrogens is 432 g/mol. The molecule has 5 heteroatoms. The quantitative estimate of drug-likeness (QED) is 0.191. The summed E-state index contributed by atoms with van der Waals surface area (Å²) in [4.78, 5) is 0. The number of hydrogen-bond donors (Lipinski definition) is 3. The molecule has 2 aromatic carbocycles. The van der Waals surface area contributed by atoms with E-state index >= 15 is 0 Å². The predicted octanol–water partition coefficient (Wildman–Crippen LogP) is 8.02. The Bertz CT molecular complexity index is 835. The molecular formula is C28H43ClN2O2. The van der Waals surface area contributed by atoms with Crippen molar-refractivity contribution in [2.24, 2.45) is 5.73 Å². The summed E-state index contributed by atoms with van der Waals surface area (Å²) in [6.45, 7) is 8.47. The number of aromatic hydroxyl groups is 1. The predicted molar refractivity (Wildman–Crippen MR) is 141 cm³/mol. The molecule has 0 aliphatic rings. The van der Waals surface area contributed by atoms with Crippen molar-refractivity contribution in [3.63, 3.8) is 0 Å². The van der Waals surface area contributed by atoms with Gasteiger partial charge in [-0.05, 0) is 55.0 Å². The number of phenolic OH excluding ortho intramolecular Hbond substituents is 1. The van der Waals surface area contributed by atoms with Crippen LogP contribution < -0.4 is 15.8 Å². The fourth-order valence-electron chi connectivity index (χ4n) is 3.99. The number of nitrogens with two attached hydrogens (primary N) is 1. The smallest absolute Gasteiger partial charge is 0.169 e. The van der Waals surface area contributed by atoms with Crippen molar-refractivity contribution in [1.82, 2.24) is 0 Å². The van der Waals surface area contributed by atoms with Gasteiger partial charge in [-0.1, -0.05) is 83.5 Å². The highest BCUT2D eigenvalue weighted by Gasteiger charge is 2.20. The van der Waals surface area contributed by atoms with Gasteiger partial charge in [0.1, 0.15) is 11.5 Å². The lowest BCUT2D eigenvalue weighted by atomic mass is 9.86. The lowest BCUT2D eigenvalue weighted by molar-refractivity contribution is 0.212. The zero-order chi connectivity index (χ0) is 24.3. The van der Waals surface area contributed by atoms with E-state index in [1.54, 1.807) is 6.07 Å². The van der Waals surface area contributed by atoms with Gasteiger partial charge < -0.3 is 20.9 Å². The highest BCUT2D eigenvalue weighted by molar-refractivity contribution is 6.33. The molecule has 184 valence electrons. The van der Waals surface area contributed by atoms with Gasteiger partial charge in [0.25, 0.3) is 0 Å². The van der Waals surface area contributed by atoms with Crippen LogP contribution in [0.4, 0.5) is 5.69 Å². The average Bonchev–Trinajstić information content (AvgIpc) is 2.75. The van der Waals surface area contributed by atoms with Crippen LogP contribution in [0, 0.1) is 0 Å². The first-order valence-electron chi connectivity index (χ1n) is 12.5. The number of para-hydroxylation sites is 1. The maximum atomic E-state index is 10.3. The van der Waals surface area contributed by atoms with Crippen LogP contribution in [0.5, 0.6) is 11.5 Å². The largest absolute Gasteiger partial charge is 0.508 e. The van der Waals surface area contributed by atoms with Gasteiger partial charge >= 0.3 is 0 Å². The van der Waals surface area contributed by atoms with Gasteiger partial charge in [0.05, 0.1) is 10.7 Å². The van der Waals surface area contributed by atoms with Crippen molar-refractivity contribution in [2.45, 2.75) is 103 Å². The molecule has 0 fully saturated rings. The fraction of sp³-hybridized carbons (Fsp3) is 0.571. The van der Waals surface area contributed by atoms with Crippen molar-refractivity contribution in [2.75, 3.05) is 5.32 Å². The summed E-state index contributed by atoms with van der Waals surface area (Å²) in [6.07, 6.45) is 9.95. The minimum Gasteiger partial charge on any atom is -0.508 e. The van der Waals surface area contributed by atoms with E-state index in [2.05, 4.69) is 33.0 Å². The first-order valence-corrected chi connectivity index (χ1v) is 12.8. The Balaban J connectivity index is 2.00. The Labute approximate surface area is 205 Å². The van der Waals surface area contributed by atoms with E-state index in [9.17, 15) is 5.11 Å². The van der Waals surface area contributed by atoms with E-state index in [1.807, 2.05) is 36.4 Å². The molecule has 2 rings (SSSR count). The fourth-order valence-corrected chi connectivity index (χ4v) is 4.18. The number of hydrogen-bond acceptors (Lipinski definition) is 4. The topological polar surface area (TPSA) is 67.5 Å². The number of anilines is 1. The Morgan fingerprint density at radius 1 is 0.970 bits per heavy atom. The molecule has 2 unspecified atom stereocenters. The molecule has 33 heavy (non-hydrogen) atoms. The summed E-state index contributed by atoms with van der Waals surface area (Å²) in [5, 5.41) is 14.4. The molecule has 0 heterocycles. The second kappa shape index (κ2) is 13.7. The van der Waals surface area contributed by atoms with E-state index < -0.39 is 0 Å². The average molecular weight is 475 g/mol. The van der Waals surface area contributed by atoms with Crippen LogP contribution in [-0.4, -0.2) is 17.4 Å². The third-order valence-corrected chi connectivity index (χ3v) is 6.29. The van der Waals surface area contributed by atoms with Crippen LogP contribution in [0.3, 0.4) is 0 Å². The van der Waals surface area contributed by atoms with Crippen LogP contribution in [0.15, 0.2) is 42.5 Å². The van der Waals surface area contributed by atoms with Crippen LogP contribution in [0.2, 0.25) is 5.02 Å². The SMILES string of the molecule is CCCCCCCC(N)CCCC(Nc1ccccc1Cl)Oc1ccc(O)c(C(C)(C)C)c1. The highest BCUT2D eigenvalue weighted by atomic mass is 35.5. The number of unbranched alkanes of at least 4 members (excludes halogenated alkanes) is 4. The molecule has 0 aromatic heterocycles. The summed E-state index contributed by atoms with van der Waals surface area (Å²) >= 11 is 6.38. The van der Waals surface area contributed by atoms with Crippen molar-refractivity contribution in [1.29, 1.82) is 0 Å². The molecule has 2 aromatic rings. The molecule has 0 saturated carbocycles. The monoisotopic (exact) mass is 474 g/mol. The third kappa shape index (κ3) is 9.85. The van der Waals surface area contributed by atoms with Crippen molar-refractivity contribution >= 4 is 17.3 Å². The van der Waals surface area contributed by atoms with Crippen molar-refractivity contribution < 1.29 is 9.84 Å². The van der Waals surface area contributed by atoms with E-state index in [0.717, 1.165) is 42.7 Å². The lowest BCUT2D eigenvalue weighted by Crippen LogP contribution is -2.28. The van der Waals surface area contributed by atoms with Crippen LogP contribution in [-0.2, 0) is 5.41 Å². The van der Waals surface area contributed by atoms with Gasteiger partial charge in [0, 0.05) is 18.0 Å². The van der Waals surface area contributed by atoms with Gasteiger partial charge in [0.15, 0.2) is 6.23 Å². The van der Waals surface area contributed by atoms with E-state index in [0.29, 0.717) is 5.02 Å². The summed E-state index contributed by atoms with van der Waals surface area (Å²) in [7, 11) is 0. The second-order valence-corrected chi connectivity index (χ2v) is 10.5. The maximum absolute atomic E-state index is 10.3. The zero-order valence-corrected chi connectivity index (χ0v) is 21.6. The molecule has 0 bridgehead atoms. The van der Waals surface area contributed by atoms with Crippen LogP contribution >= 0.6 is 11.6 Å². The number of rotatable bonds is 14. The number of benzene rings is 2. The Hall–Kier alpha value is -1.91. The van der Waals surface area contributed by atoms with Crippen molar-refractivity contribution in [3.05, 3.63) is 53.1 Å². The van der Waals surface area contributed by atoms with Crippen molar-refractivity contribution in [3.8, 4) is 11.5 Å². The number of phenols is 1. The third-order valence-electron chi connectivity index (χ3n) is 5.96. The number of halogens is 1. The van der Waals surface area contributed by atoms with Gasteiger partial charge in [0.2, 0.25) is 0 Å². The highest BCUT2D eigenvalue weighted by Crippen LogP contribution is 2.34. The van der Waals surface area contributed by atoms with Gasteiger partial charge in [-0.3, -0.25) is 0 Å². The molecule has 0 aliphatic heterocycles. The molecule has 4 N–H and O–H groups in total. The summed E-state index contributed by atoms with van der Waals surface area (Å²) in [6, 6.07) is 13.4. The van der Waals surface area contributed by atoms with Gasteiger partial charge in [-0.25, -0.2) is 0 Å². The maximum Gasteiger partial charge on any atom is 0.169 e. The Morgan fingerprint density at radius 2 is 1.67 bits per heavy atom. The lowest BCUT2D eigenvalue weighted by Gasteiger charge is -2.25. The minimum atomic E-state index is -0.251. The van der Waals surface area contributed by atoms with Gasteiger partial charge in [-0.2, -0.15) is 0 Å². The molecule has 0 saturated heterocycles. The first-order chi connectivity index (χ1) is 15.7. The normalized spacial score (nSPS) is 13.5. The molecule has 4 nitrogen and oxygen atoms in total. The van der Waals surface area contributed by atoms with E-state index in [1.165, 1.54) is 32.1 Å². The van der Waals surface area contributed by atoms with E-state index in [-0.39, 0.29) is 23.4 Å². The number of nitrogens with one attached hydrogen (secondary N) is 1. The molecule has 0 spiro atoms. The van der Waals surface area contributed by atoms with Crippen LogP contribution in [0.25, 0.3) is 0 Å². The Kier molecular flexibility index (Phi) is 11.4. The molecule has 0 amide bonds. The van der Waals surface area contributed by atoms with E-state index in [4.69, 9.17) is 22.1 Å². The van der Waals surface area contributed by atoms with Crippen LogP contribution in [0.1, 0.15) is 91.0 Å². The zero-order valence-electron chi connectivity index (χ0n) is 20.9. The minimum absolute atomic E-state index is 0.182. The summed E-state index contributed by atoms with van der Waals surface area (Å²) in [5.41, 5.74) is 7.91. The second-order valence-electron chi connectivity index (χ2n) is 10.1.